The lowest BCUT2D eigenvalue weighted by atomic mass is 9.91. The van der Waals surface area contributed by atoms with E-state index in [-0.39, 0.29) is 6.79 Å². The number of rotatable bonds is 4. The van der Waals surface area contributed by atoms with Crippen LogP contribution in [0, 0.1) is 6.92 Å². The Morgan fingerprint density at radius 3 is 2.69 bits per heavy atom. The molecule has 0 saturated carbocycles. The fourth-order valence-corrected chi connectivity index (χ4v) is 3.33. The number of carbonyl (C=O) groups is 1. The van der Waals surface area contributed by atoms with Crippen molar-refractivity contribution in [2.24, 2.45) is 0 Å². The second kappa shape index (κ2) is 6.40. The van der Waals surface area contributed by atoms with Gasteiger partial charge in [0.25, 0.3) is 0 Å². The molecule has 7 nitrogen and oxygen atoms in total. The number of hydrogen-bond donors (Lipinski definition) is 1. The van der Waals surface area contributed by atoms with Gasteiger partial charge in [0.1, 0.15) is 11.6 Å². The van der Waals surface area contributed by atoms with Crippen molar-refractivity contribution in [1.29, 1.82) is 0 Å². The molecule has 1 N–H and O–H groups in total. The average molecular weight is 356 g/mol. The van der Waals surface area contributed by atoms with Crippen molar-refractivity contribution in [3.8, 4) is 17.2 Å². The van der Waals surface area contributed by atoms with Gasteiger partial charge in [0.15, 0.2) is 11.5 Å². The van der Waals surface area contributed by atoms with E-state index in [0.717, 1.165) is 11.5 Å². The number of nitrogens with zero attached hydrogens (tertiary/aromatic N) is 2. The van der Waals surface area contributed by atoms with Gasteiger partial charge in [-0.3, -0.25) is 0 Å². The molecule has 3 heterocycles. The van der Waals surface area contributed by atoms with Crippen LogP contribution >= 0.6 is 0 Å². The highest BCUT2D eigenvalue weighted by Crippen LogP contribution is 2.38. The molecule has 1 aromatic heterocycles. The number of benzene rings is 1. The molecule has 0 unspecified atom stereocenters. The summed E-state index contributed by atoms with van der Waals surface area (Å²) in [6.07, 6.45) is 0.735. The first kappa shape index (κ1) is 16.5. The van der Waals surface area contributed by atoms with Gasteiger partial charge in [0.05, 0.1) is 0 Å². The van der Waals surface area contributed by atoms with Crippen LogP contribution in [0.3, 0.4) is 0 Å². The van der Waals surface area contributed by atoms with E-state index in [1.807, 2.05) is 25.1 Å². The van der Waals surface area contributed by atoms with Crippen molar-refractivity contribution >= 4 is 11.8 Å². The first-order valence-corrected chi connectivity index (χ1v) is 8.56. The van der Waals surface area contributed by atoms with Crippen LogP contribution in [0.25, 0.3) is 0 Å². The van der Waals surface area contributed by atoms with Crippen LogP contribution in [0.2, 0.25) is 0 Å². The predicted octanol–water partition coefficient (Wildman–Crippen LogP) is 2.62. The molecule has 0 bridgehead atoms. The first-order valence-electron chi connectivity index (χ1n) is 8.56. The molecule has 0 spiro atoms. The van der Waals surface area contributed by atoms with Crippen LogP contribution in [-0.2, 0) is 4.79 Å². The number of ether oxygens (including phenoxy) is 3. The molecule has 1 fully saturated rings. The molecule has 0 aliphatic carbocycles. The highest BCUT2D eigenvalue weighted by molar-refractivity contribution is 5.78. The van der Waals surface area contributed by atoms with Crippen molar-refractivity contribution in [2.45, 2.75) is 25.4 Å². The number of aromatic nitrogens is 1. The minimum absolute atomic E-state index is 0.168. The van der Waals surface area contributed by atoms with Gasteiger partial charge < -0.3 is 24.2 Å². The van der Waals surface area contributed by atoms with Gasteiger partial charge in [-0.25, -0.2) is 9.78 Å². The third-order valence-corrected chi connectivity index (χ3v) is 4.82. The largest absolute Gasteiger partial charge is 0.478 e. The maximum absolute atomic E-state index is 12.0. The Hall–Kier alpha value is -2.96. The smallest absolute Gasteiger partial charge is 0.348 e. The number of anilines is 1. The number of piperidine rings is 1. The number of hydrogen-bond acceptors (Lipinski definition) is 6. The second-order valence-electron chi connectivity index (χ2n) is 6.54. The summed E-state index contributed by atoms with van der Waals surface area (Å²) in [5.41, 5.74) is -0.317. The normalized spacial score (nSPS) is 17.8. The summed E-state index contributed by atoms with van der Waals surface area (Å²) in [6, 6.07) is 11.0. The number of pyridine rings is 1. The number of carboxylic acid groups (broad SMARTS) is 1. The summed E-state index contributed by atoms with van der Waals surface area (Å²) in [6.45, 7) is 3.24. The standard InChI is InChI=1S/C19H20N2O5/c1-13-3-2-4-17(20-13)21-9-7-19(8-10-21,18(22)23)26-14-5-6-15-16(11-14)25-12-24-15/h2-6,11H,7-10,12H2,1H3,(H,22,23). The summed E-state index contributed by atoms with van der Waals surface area (Å²) in [4.78, 5) is 18.6. The molecular weight excluding hydrogens is 336 g/mol. The van der Waals surface area contributed by atoms with Crippen LogP contribution in [0.15, 0.2) is 36.4 Å². The minimum atomic E-state index is -1.26. The van der Waals surface area contributed by atoms with E-state index in [1.165, 1.54) is 0 Å². The van der Waals surface area contributed by atoms with Crippen molar-refractivity contribution in [3.63, 3.8) is 0 Å². The van der Waals surface area contributed by atoms with E-state index >= 15 is 0 Å². The van der Waals surface area contributed by atoms with Crippen molar-refractivity contribution in [1.82, 2.24) is 4.98 Å². The second-order valence-corrected chi connectivity index (χ2v) is 6.54. The topological polar surface area (TPSA) is 81.1 Å². The van der Waals surface area contributed by atoms with Gasteiger partial charge in [-0.05, 0) is 31.2 Å². The van der Waals surface area contributed by atoms with Crippen LogP contribution < -0.4 is 19.1 Å². The molecule has 2 aromatic rings. The zero-order valence-corrected chi connectivity index (χ0v) is 14.5. The first-order chi connectivity index (χ1) is 12.6. The lowest BCUT2D eigenvalue weighted by Gasteiger charge is -2.39. The number of carboxylic acids is 1. The minimum Gasteiger partial charge on any atom is -0.478 e. The maximum Gasteiger partial charge on any atom is 0.348 e. The monoisotopic (exact) mass is 356 g/mol. The fraction of sp³-hybridized carbons (Fsp3) is 0.368. The maximum atomic E-state index is 12.0. The van der Waals surface area contributed by atoms with Crippen molar-refractivity contribution in [2.75, 3.05) is 24.8 Å². The Morgan fingerprint density at radius 2 is 1.96 bits per heavy atom. The fourth-order valence-electron chi connectivity index (χ4n) is 3.33. The van der Waals surface area contributed by atoms with Crippen molar-refractivity contribution < 1.29 is 24.1 Å². The molecule has 0 radical (unpaired) electrons. The summed E-state index contributed by atoms with van der Waals surface area (Å²) in [5, 5.41) is 9.83. The van der Waals surface area contributed by atoms with Gasteiger partial charge >= 0.3 is 5.97 Å². The quantitative estimate of drug-likeness (QED) is 0.902. The van der Waals surface area contributed by atoms with E-state index in [1.54, 1.807) is 18.2 Å². The highest BCUT2D eigenvalue weighted by atomic mass is 16.7. The summed E-state index contributed by atoms with van der Waals surface area (Å²) < 4.78 is 16.6. The summed E-state index contributed by atoms with van der Waals surface area (Å²) in [5.74, 6) is 1.60. The summed E-state index contributed by atoms with van der Waals surface area (Å²) in [7, 11) is 0. The molecule has 136 valence electrons. The molecule has 4 rings (SSSR count). The van der Waals surface area contributed by atoms with E-state index < -0.39 is 11.6 Å². The van der Waals surface area contributed by atoms with Crippen molar-refractivity contribution in [3.05, 3.63) is 42.1 Å². The number of fused-ring (bicyclic) bond motifs is 1. The third-order valence-electron chi connectivity index (χ3n) is 4.82. The molecule has 0 atom stereocenters. The van der Waals surface area contributed by atoms with Gasteiger partial charge in [0.2, 0.25) is 12.4 Å². The Bertz CT molecular complexity index is 830. The Labute approximate surface area is 151 Å². The van der Waals surface area contributed by atoms with E-state index in [2.05, 4.69) is 9.88 Å². The average Bonchev–Trinajstić information content (AvgIpc) is 3.10. The number of aryl methyl sites for hydroxylation is 1. The molecule has 7 heteroatoms. The predicted molar refractivity (Wildman–Crippen MR) is 94.0 cm³/mol. The van der Waals surface area contributed by atoms with Crippen LogP contribution in [0.4, 0.5) is 5.82 Å². The van der Waals surface area contributed by atoms with E-state index in [0.29, 0.717) is 43.2 Å². The molecule has 1 aromatic carbocycles. The van der Waals surface area contributed by atoms with Gasteiger partial charge in [0, 0.05) is 37.7 Å². The lowest BCUT2D eigenvalue weighted by Crippen LogP contribution is -2.53. The Kier molecular flexibility index (Phi) is 4.06. The highest BCUT2D eigenvalue weighted by Gasteiger charge is 2.44. The zero-order chi connectivity index (χ0) is 18.1. The third kappa shape index (κ3) is 3.00. The van der Waals surface area contributed by atoms with Gasteiger partial charge in [-0.1, -0.05) is 6.07 Å². The summed E-state index contributed by atoms with van der Waals surface area (Å²) >= 11 is 0. The Morgan fingerprint density at radius 1 is 1.19 bits per heavy atom. The Balaban J connectivity index is 1.51. The van der Waals surface area contributed by atoms with Crippen LogP contribution in [0.5, 0.6) is 17.2 Å². The van der Waals surface area contributed by atoms with E-state index in [9.17, 15) is 9.90 Å². The van der Waals surface area contributed by atoms with Gasteiger partial charge in [-0.2, -0.15) is 0 Å². The SMILES string of the molecule is Cc1cccc(N2CCC(Oc3ccc4c(c3)OCO4)(C(=O)O)CC2)n1. The molecular formula is C19H20N2O5. The molecule has 2 aliphatic heterocycles. The molecule has 1 saturated heterocycles. The zero-order valence-electron chi connectivity index (χ0n) is 14.5. The van der Waals surface area contributed by atoms with Gasteiger partial charge in [-0.15, -0.1) is 0 Å². The molecule has 2 aliphatic rings. The molecule has 0 amide bonds. The number of aliphatic carboxylic acids is 1. The van der Waals surface area contributed by atoms with Crippen LogP contribution in [-0.4, -0.2) is 41.5 Å². The lowest BCUT2D eigenvalue weighted by molar-refractivity contribution is -0.157. The van der Waals surface area contributed by atoms with Crippen LogP contribution in [0.1, 0.15) is 18.5 Å². The van der Waals surface area contributed by atoms with E-state index in [4.69, 9.17) is 14.2 Å². The molecule has 26 heavy (non-hydrogen) atoms.